The first kappa shape index (κ1) is 12.5. The molecular weight excluding hydrogens is 208 g/mol. The first-order valence-electron chi connectivity index (χ1n) is 5.06. The van der Waals surface area contributed by atoms with Gasteiger partial charge in [-0.15, -0.1) is 0 Å². The maximum absolute atomic E-state index is 10.9. The number of rotatable bonds is 5. The molecule has 0 aliphatic carbocycles. The van der Waals surface area contributed by atoms with E-state index >= 15 is 0 Å². The largest absolute Gasteiger partial charge is 0.497 e. The molecule has 0 saturated carbocycles. The molecule has 0 radical (unpaired) electrons. The van der Waals surface area contributed by atoms with E-state index in [1.165, 1.54) is 7.11 Å². The second kappa shape index (κ2) is 6.12. The van der Waals surface area contributed by atoms with Crippen LogP contribution in [-0.2, 0) is 16.0 Å². The van der Waals surface area contributed by atoms with Gasteiger partial charge in [-0.1, -0.05) is 12.1 Å². The van der Waals surface area contributed by atoms with Crippen molar-refractivity contribution in [3.8, 4) is 5.75 Å². The Kier molecular flexibility index (Phi) is 4.79. The van der Waals surface area contributed by atoms with Gasteiger partial charge in [-0.2, -0.15) is 0 Å². The van der Waals surface area contributed by atoms with Crippen LogP contribution in [-0.4, -0.2) is 31.4 Å². The molecule has 0 spiro atoms. The lowest BCUT2D eigenvalue weighted by atomic mass is 10.1. The molecule has 1 atom stereocenters. The minimum Gasteiger partial charge on any atom is -0.497 e. The molecule has 0 fully saturated rings. The predicted octanol–water partition coefficient (Wildman–Crippen LogP) is 1.16. The lowest BCUT2D eigenvalue weighted by Crippen LogP contribution is -2.22. The fourth-order valence-corrected chi connectivity index (χ4v) is 1.35. The van der Waals surface area contributed by atoms with Gasteiger partial charge in [0.05, 0.1) is 14.2 Å². The third kappa shape index (κ3) is 3.55. The Labute approximate surface area is 94.8 Å². The molecule has 0 aromatic heterocycles. The highest BCUT2D eigenvalue weighted by molar-refractivity contribution is 5.74. The summed E-state index contributed by atoms with van der Waals surface area (Å²) in [5.41, 5.74) is 1.05. The fourth-order valence-electron chi connectivity index (χ4n) is 1.35. The Morgan fingerprint density at radius 2 is 1.94 bits per heavy atom. The third-order valence-corrected chi connectivity index (χ3v) is 2.34. The molecule has 4 heteroatoms. The van der Waals surface area contributed by atoms with Gasteiger partial charge in [0, 0.05) is 0 Å². The highest BCUT2D eigenvalue weighted by Crippen LogP contribution is 2.13. The van der Waals surface area contributed by atoms with Crippen LogP contribution in [0, 0.1) is 0 Å². The summed E-state index contributed by atoms with van der Waals surface area (Å²) < 4.78 is 9.45. The first-order chi connectivity index (χ1) is 7.67. The van der Waals surface area contributed by atoms with Crippen LogP contribution in [0.5, 0.6) is 5.75 Å². The Balaban J connectivity index is 2.45. The smallest absolute Gasteiger partial charge is 0.334 e. The maximum Gasteiger partial charge on any atom is 0.334 e. The Hall–Kier alpha value is -1.55. The number of hydrogen-bond donors (Lipinski definition) is 1. The number of hydrogen-bond acceptors (Lipinski definition) is 4. The molecule has 1 aromatic carbocycles. The van der Waals surface area contributed by atoms with E-state index in [2.05, 4.69) is 4.74 Å². The molecule has 0 bridgehead atoms. The zero-order chi connectivity index (χ0) is 12.0. The number of aliphatic hydroxyl groups is 1. The van der Waals surface area contributed by atoms with Crippen LogP contribution in [0.1, 0.15) is 12.0 Å². The summed E-state index contributed by atoms with van der Waals surface area (Å²) in [6.07, 6.45) is -0.0636. The van der Waals surface area contributed by atoms with Gasteiger partial charge in [0.15, 0.2) is 6.10 Å². The fraction of sp³-hybridized carbons (Fsp3) is 0.417. The number of benzene rings is 1. The van der Waals surface area contributed by atoms with Crippen LogP contribution >= 0.6 is 0 Å². The van der Waals surface area contributed by atoms with Crippen LogP contribution < -0.4 is 4.74 Å². The monoisotopic (exact) mass is 224 g/mol. The maximum atomic E-state index is 10.9. The number of aryl methyl sites for hydroxylation is 1. The average Bonchev–Trinajstić information content (AvgIpc) is 2.35. The molecule has 0 aliphatic heterocycles. The van der Waals surface area contributed by atoms with E-state index < -0.39 is 12.1 Å². The molecule has 1 unspecified atom stereocenters. The summed E-state index contributed by atoms with van der Waals surface area (Å²) in [4.78, 5) is 10.9. The van der Waals surface area contributed by atoms with Crippen molar-refractivity contribution in [2.75, 3.05) is 14.2 Å². The van der Waals surface area contributed by atoms with Gasteiger partial charge < -0.3 is 14.6 Å². The van der Waals surface area contributed by atoms with Crippen LogP contribution in [0.2, 0.25) is 0 Å². The van der Waals surface area contributed by atoms with Gasteiger partial charge in [0.25, 0.3) is 0 Å². The highest BCUT2D eigenvalue weighted by atomic mass is 16.5. The predicted molar refractivity (Wildman–Crippen MR) is 59.3 cm³/mol. The lowest BCUT2D eigenvalue weighted by molar-refractivity contribution is -0.150. The molecule has 0 saturated heterocycles. The van der Waals surface area contributed by atoms with Crippen LogP contribution in [0.3, 0.4) is 0 Å². The summed E-state index contributed by atoms with van der Waals surface area (Å²) in [5, 5.41) is 9.38. The number of esters is 1. The number of carbonyl (C=O) groups excluding carboxylic acids is 1. The molecule has 4 nitrogen and oxygen atoms in total. The molecule has 88 valence electrons. The van der Waals surface area contributed by atoms with Gasteiger partial charge in [0.2, 0.25) is 0 Å². The number of methoxy groups -OCH3 is 2. The number of ether oxygens (including phenoxy) is 2. The Morgan fingerprint density at radius 3 is 2.44 bits per heavy atom. The molecule has 16 heavy (non-hydrogen) atoms. The molecule has 0 amide bonds. The van der Waals surface area contributed by atoms with Crippen LogP contribution in [0.4, 0.5) is 0 Å². The van der Waals surface area contributed by atoms with Crippen molar-refractivity contribution >= 4 is 5.97 Å². The summed E-state index contributed by atoms with van der Waals surface area (Å²) in [7, 11) is 2.87. The minimum absolute atomic E-state index is 0.360. The number of aliphatic hydroxyl groups excluding tert-OH is 1. The summed E-state index contributed by atoms with van der Waals surface area (Å²) in [6, 6.07) is 7.51. The van der Waals surface area contributed by atoms with E-state index in [9.17, 15) is 9.90 Å². The van der Waals surface area contributed by atoms with Crippen LogP contribution in [0.15, 0.2) is 24.3 Å². The van der Waals surface area contributed by atoms with Crippen LogP contribution in [0.25, 0.3) is 0 Å². The van der Waals surface area contributed by atoms with E-state index in [0.717, 1.165) is 11.3 Å². The van der Waals surface area contributed by atoms with E-state index in [0.29, 0.717) is 12.8 Å². The third-order valence-electron chi connectivity index (χ3n) is 2.34. The molecule has 0 aliphatic rings. The van der Waals surface area contributed by atoms with Gasteiger partial charge in [-0.3, -0.25) is 0 Å². The first-order valence-corrected chi connectivity index (χ1v) is 5.06. The topological polar surface area (TPSA) is 55.8 Å². The van der Waals surface area contributed by atoms with Gasteiger partial charge in [0.1, 0.15) is 5.75 Å². The lowest BCUT2D eigenvalue weighted by Gasteiger charge is -2.08. The highest BCUT2D eigenvalue weighted by Gasteiger charge is 2.14. The van der Waals surface area contributed by atoms with Crippen molar-refractivity contribution in [2.45, 2.75) is 18.9 Å². The van der Waals surface area contributed by atoms with Crippen molar-refractivity contribution in [3.05, 3.63) is 29.8 Å². The van der Waals surface area contributed by atoms with Crippen molar-refractivity contribution in [3.63, 3.8) is 0 Å². The molecule has 0 heterocycles. The van der Waals surface area contributed by atoms with Gasteiger partial charge in [-0.05, 0) is 30.5 Å². The minimum atomic E-state index is -1.05. The Morgan fingerprint density at radius 1 is 1.31 bits per heavy atom. The summed E-state index contributed by atoms with van der Waals surface area (Å²) >= 11 is 0. The second-order valence-electron chi connectivity index (χ2n) is 3.43. The van der Waals surface area contributed by atoms with Crippen molar-refractivity contribution in [2.24, 2.45) is 0 Å². The normalized spacial score (nSPS) is 11.9. The molecular formula is C12H16O4. The summed E-state index contributed by atoms with van der Waals surface area (Å²) in [6.45, 7) is 0. The van der Waals surface area contributed by atoms with E-state index in [-0.39, 0.29) is 0 Å². The summed E-state index contributed by atoms with van der Waals surface area (Å²) in [5.74, 6) is 0.200. The quantitative estimate of drug-likeness (QED) is 0.762. The van der Waals surface area contributed by atoms with E-state index in [1.807, 2.05) is 24.3 Å². The zero-order valence-corrected chi connectivity index (χ0v) is 9.47. The van der Waals surface area contributed by atoms with E-state index in [1.54, 1.807) is 7.11 Å². The van der Waals surface area contributed by atoms with Gasteiger partial charge in [-0.25, -0.2) is 4.79 Å². The van der Waals surface area contributed by atoms with Crippen molar-refractivity contribution < 1.29 is 19.4 Å². The second-order valence-corrected chi connectivity index (χ2v) is 3.43. The molecule has 1 aromatic rings. The van der Waals surface area contributed by atoms with Crippen molar-refractivity contribution in [1.82, 2.24) is 0 Å². The SMILES string of the molecule is COC(=O)C(O)CCc1ccc(OC)cc1. The zero-order valence-electron chi connectivity index (χ0n) is 9.47. The molecule has 1 rings (SSSR count). The van der Waals surface area contributed by atoms with E-state index in [4.69, 9.17) is 4.74 Å². The average molecular weight is 224 g/mol. The number of carbonyl (C=O) groups is 1. The van der Waals surface area contributed by atoms with Gasteiger partial charge >= 0.3 is 5.97 Å². The molecule has 1 N–H and O–H groups in total. The standard InChI is InChI=1S/C12H16O4/c1-15-10-6-3-9(4-7-10)5-8-11(13)12(14)16-2/h3-4,6-7,11,13H,5,8H2,1-2H3. The van der Waals surface area contributed by atoms with Crippen molar-refractivity contribution in [1.29, 1.82) is 0 Å². The Bertz CT molecular complexity index is 331.